The Labute approximate surface area is 195 Å². The molecular weight excluding hydrogens is 476 g/mol. The van der Waals surface area contributed by atoms with Crippen LogP contribution >= 0.6 is 15.9 Å². The van der Waals surface area contributed by atoms with Crippen LogP contribution < -0.4 is 5.32 Å². The Bertz CT molecular complexity index is 1080. The van der Waals surface area contributed by atoms with E-state index in [1.807, 2.05) is 36.5 Å². The molecule has 6 rings (SSSR count). The minimum absolute atomic E-state index is 0.0644. The summed E-state index contributed by atoms with van der Waals surface area (Å²) in [6.45, 7) is 4.01. The van der Waals surface area contributed by atoms with Gasteiger partial charge in [-0.05, 0) is 90.5 Å². The second kappa shape index (κ2) is 7.40. The molecule has 4 fully saturated rings. The van der Waals surface area contributed by atoms with E-state index in [9.17, 15) is 14.9 Å². The number of hydrogen-bond acceptors (Lipinski definition) is 5. The van der Waals surface area contributed by atoms with E-state index in [1.165, 1.54) is 6.42 Å². The highest BCUT2D eigenvalue weighted by Gasteiger charge is 2.60. The maximum atomic E-state index is 13.2. The zero-order valence-electron chi connectivity index (χ0n) is 18.7. The van der Waals surface area contributed by atoms with Crippen LogP contribution in [0.5, 0.6) is 0 Å². The smallest absolute Gasteiger partial charge is 0.358 e. The quantitative estimate of drug-likeness (QED) is 0.469. The molecule has 4 saturated carbocycles. The number of nitrogens with one attached hydrogen (secondary N) is 1. The summed E-state index contributed by atoms with van der Waals surface area (Å²) in [5.41, 5.74) is 1.80. The van der Waals surface area contributed by atoms with Gasteiger partial charge in [-0.1, -0.05) is 0 Å². The molecule has 1 N–H and O–H groups in total. The van der Waals surface area contributed by atoms with Crippen LogP contribution in [0.15, 0.2) is 16.9 Å². The molecule has 10 heteroatoms. The Balaban J connectivity index is 1.37. The lowest BCUT2D eigenvalue weighted by atomic mass is 9.46. The van der Waals surface area contributed by atoms with Crippen LogP contribution in [-0.2, 0) is 17.4 Å². The van der Waals surface area contributed by atoms with E-state index in [0.717, 1.165) is 43.4 Å². The number of rotatable bonds is 6. The fourth-order valence-corrected chi connectivity index (χ4v) is 7.66. The lowest BCUT2D eigenvalue weighted by Gasteiger charge is -2.61. The van der Waals surface area contributed by atoms with Crippen LogP contribution in [0.4, 0.5) is 5.82 Å². The number of amides is 1. The molecule has 0 saturated heterocycles. The van der Waals surface area contributed by atoms with Gasteiger partial charge >= 0.3 is 5.82 Å². The van der Waals surface area contributed by atoms with Crippen LogP contribution in [0, 0.1) is 34.3 Å². The standard InChI is InChI=1S/C22H29BrN6O3/c1-13(17-10-24-27(3)14(17)2)25-19(30)9-21-5-15-4-16(6-21)8-22(7-15,12-21)28-11-18(23)20(26-28)29(31)32/h10-11,13,15-16H,4-9,12H2,1-3H3,(H,25,30). The van der Waals surface area contributed by atoms with Crippen LogP contribution in [0.1, 0.15) is 69.2 Å². The van der Waals surface area contributed by atoms with E-state index >= 15 is 0 Å². The molecule has 0 aromatic carbocycles. The van der Waals surface area contributed by atoms with Gasteiger partial charge in [0.15, 0.2) is 0 Å². The van der Waals surface area contributed by atoms with Gasteiger partial charge in [-0.25, -0.2) is 0 Å². The predicted molar refractivity (Wildman–Crippen MR) is 121 cm³/mol. The van der Waals surface area contributed by atoms with Crippen molar-refractivity contribution < 1.29 is 9.72 Å². The van der Waals surface area contributed by atoms with Crippen molar-refractivity contribution in [2.45, 2.75) is 70.4 Å². The molecule has 9 nitrogen and oxygen atoms in total. The van der Waals surface area contributed by atoms with Gasteiger partial charge in [-0.3, -0.25) is 9.48 Å². The van der Waals surface area contributed by atoms with Crippen LogP contribution in [-0.4, -0.2) is 30.4 Å². The first kappa shape index (κ1) is 21.6. The molecule has 0 radical (unpaired) electrons. The number of halogens is 1. The molecular formula is C22H29BrN6O3. The van der Waals surface area contributed by atoms with Crippen molar-refractivity contribution in [3.8, 4) is 0 Å². The van der Waals surface area contributed by atoms with Crippen molar-refractivity contribution in [1.82, 2.24) is 24.9 Å². The number of aromatic nitrogens is 4. The Morgan fingerprint density at radius 1 is 1.38 bits per heavy atom. The third-order valence-corrected chi connectivity index (χ3v) is 8.67. The summed E-state index contributed by atoms with van der Waals surface area (Å²) in [4.78, 5) is 24.1. The first-order chi connectivity index (χ1) is 15.1. The fraction of sp³-hybridized carbons (Fsp3) is 0.682. The minimum atomic E-state index is -0.438. The lowest BCUT2D eigenvalue weighted by Crippen LogP contribution is -2.57. The SMILES string of the molecule is Cc1c(C(C)NC(=O)CC23CC4CC(C2)CC(n2cc(Br)c([N+](=O)[O-])n2)(C4)C3)cnn1C. The highest BCUT2D eigenvalue weighted by molar-refractivity contribution is 9.10. The molecule has 4 aliphatic carbocycles. The summed E-state index contributed by atoms with van der Waals surface area (Å²) in [7, 11) is 1.90. The minimum Gasteiger partial charge on any atom is -0.358 e. The number of hydrogen-bond donors (Lipinski definition) is 1. The molecule has 3 unspecified atom stereocenters. The highest BCUT2D eigenvalue weighted by Crippen LogP contribution is 2.65. The van der Waals surface area contributed by atoms with Gasteiger partial charge in [0.1, 0.15) is 4.47 Å². The number of nitro groups is 1. The van der Waals surface area contributed by atoms with E-state index in [0.29, 0.717) is 22.7 Å². The van der Waals surface area contributed by atoms with Gasteiger partial charge in [0.2, 0.25) is 5.91 Å². The summed E-state index contributed by atoms with van der Waals surface area (Å²) in [5, 5.41) is 23.2. The van der Waals surface area contributed by atoms with Gasteiger partial charge in [-0.15, -0.1) is 0 Å². The zero-order valence-corrected chi connectivity index (χ0v) is 20.3. The molecule has 4 aliphatic rings. The summed E-state index contributed by atoms with van der Waals surface area (Å²) >= 11 is 3.31. The molecule has 32 heavy (non-hydrogen) atoms. The predicted octanol–water partition coefficient (Wildman–Crippen LogP) is 4.16. The first-order valence-electron chi connectivity index (χ1n) is 11.3. The van der Waals surface area contributed by atoms with E-state index in [4.69, 9.17) is 0 Å². The molecule has 1 amide bonds. The van der Waals surface area contributed by atoms with Gasteiger partial charge in [0.25, 0.3) is 0 Å². The van der Waals surface area contributed by atoms with Gasteiger partial charge in [0.05, 0.1) is 29.1 Å². The van der Waals surface area contributed by atoms with Gasteiger partial charge in [-0.2, -0.15) is 9.78 Å². The van der Waals surface area contributed by atoms with Crippen LogP contribution in [0.2, 0.25) is 0 Å². The summed E-state index contributed by atoms with van der Waals surface area (Å²) in [6, 6.07) is -0.0937. The largest absolute Gasteiger partial charge is 0.404 e. The Hall–Kier alpha value is -2.23. The number of carbonyl (C=O) groups is 1. The van der Waals surface area contributed by atoms with Crippen molar-refractivity contribution in [3.05, 3.63) is 38.2 Å². The Morgan fingerprint density at radius 2 is 2.06 bits per heavy atom. The van der Waals surface area contributed by atoms with Crippen molar-refractivity contribution in [2.75, 3.05) is 0 Å². The molecule has 3 atom stereocenters. The lowest BCUT2D eigenvalue weighted by molar-refractivity contribution is -0.390. The monoisotopic (exact) mass is 504 g/mol. The number of carbonyl (C=O) groups excluding carboxylic acids is 1. The molecule has 2 aromatic rings. The fourth-order valence-electron chi connectivity index (χ4n) is 7.24. The van der Waals surface area contributed by atoms with Gasteiger partial charge in [0, 0.05) is 24.7 Å². The molecule has 0 spiro atoms. The molecule has 0 aliphatic heterocycles. The molecule has 2 heterocycles. The van der Waals surface area contributed by atoms with Gasteiger partial charge < -0.3 is 15.4 Å². The van der Waals surface area contributed by atoms with E-state index in [2.05, 4.69) is 31.4 Å². The number of nitrogens with zero attached hydrogens (tertiary/aromatic N) is 5. The Kier molecular flexibility index (Phi) is 4.99. The summed E-state index contributed by atoms with van der Waals surface area (Å²) < 4.78 is 4.09. The van der Waals surface area contributed by atoms with Crippen molar-refractivity contribution in [2.24, 2.45) is 24.3 Å². The second-order valence-corrected chi connectivity index (χ2v) is 11.3. The van der Waals surface area contributed by atoms with E-state index in [1.54, 1.807) is 6.20 Å². The van der Waals surface area contributed by atoms with E-state index in [-0.39, 0.29) is 28.7 Å². The Morgan fingerprint density at radius 3 is 2.62 bits per heavy atom. The van der Waals surface area contributed by atoms with E-state index < -0.39 is 4.92 Å². The maximum Gasteiger partial charge on any atom is 0.404 e. The first-order valence-corrected chi connectivity index (χ1v) is 12.1. The van der Waals surface area contributed by atoms with Crippen molar-refractivity contribution in [1.29, 1.82) is 0 Å². The summed E-state index contributed by atoms with van der Waals surface area (Å²) in [6.07, 6.45) is 10.2. The third kappa shape index (κ3) is 3.47. The van der Waals surface area contributed by atoms with Crippen molar-refractivity contribution >= 4 is 27.7 Å². The average Bonchev–Trinajstić information content (AvgIpc) is 3.23. The second-order valence-electron chi connectivity index (χ2n) is 10.5. The van der Waals surface area contributed by atoms with Crippen molar-refractivity contribution in [3.63, 3.8) is 0 Å². The van der Waals surface area contributed by atoms with Crippen LogP contribution in [0.3, 0.4) is 0 Å². The molecule has 2 aromatic heterocycles. The topological polar surface area (TPSA) is 108 Å². The highest BCUT2D eigenvalue weighted by atomic mass is 79.9. The average molecular weight is 505 g/mol. The zero-order chi connectivity index (χ0) is 22.8. The third-order valence-electron chi connectivity index (χ3n) is 8.11. The maximum absolute atomic E-state index is 13.2. The summed E-state index contributed by atoms with van der Waals surface area (Å²) in [5.74, 6) is 1.03. The van der Waals surface area contributed by atoms with Crippen LogP contribution in [0.25, 0.3) is 0 Å². The number of aryl methyl sites for hydroxylation is 1. The molecule has 4 bridgehead atoms. The normalized spacial score (nSPS) is 31.6. The molecule has 172 valence electrons.